The zero-order chi connectivity index (χ0) is 20.1. The van der Waals surface area contributed by atoms with Gasteiger partial charge < -0.3 is 9.64 Å². The number of pyridine rings is 1. The first-order valence-electron chi connectivity index (χ1n) is 10.00. The molecule has 4 rings (SSSR count). The molecule has 0 radical (unpaired) electrons. The Bertz CT molecular complexity index is 978. The molecule has 5 nitrogen and oxygen atoms in total. The summed E-state index contributed by atoms with van der Waals surface area (Å²) >= 11 is 0. The lowest BCUT2D eigenvalue weighted by Gasteiger charge is -2.19. The zero-order valence-corrected chi connectivity index (χ0v) is 17.1. The van der Waals surface area contributed by atoms with E-state index in [9.17, 15) is 4.79 Å². The number of fused-ring (bicyclic) bond motifs is 2. The van der Waals surface area contributed by atoms with Crippen molar-refractivity contribution in [3.05, 3.63) is 57.9 Å². The first-order valence-corrected chi connectivity index (χ1v) is 10.00. The largest absolute Gasteiger partial charge is 0.492 e. The van der Waals surface area contributed by atoms with Crippen LogP contribution >= 0.6 is 0 Å². The first-order chi connectivity index (χ1) is 13.3. The van der Waals surface area contributed by atoms with Crippen molar-refractivity contribution in [2.24, 2.45) is 0 Å². The molecule has 2 aliphatic rings. The van der Waals surface area contributed by atoms with Crippen LogP contribution in [0.15, 0.2) is 24.3 Å². The number of carbonyl (C=O) groups excluding carboxylic acids is 1. The van der Waals surface area contributed by atoms with Crippen molar-refractivity contribution in [2.75, 3.05) is 13.2 Å². The summed E-state index contributed by atoms with van der Waals surface area (Å²) in [6.45, 7) is 9.84. The Balaban J connectivity index is 1.59. The second kappa shape index (κ2) is 6.73. The van der Waals surface area contributed by atoms with Crippen LogP contribution in [-0.4, -0.2) is 34.7 Å². The van der Waals surface area contributed by atoms with E-state index in [1.165, 1.54) is 0 Å². The molecule has 1 aromatic carbocycles. The quantitative estimate of drug-likeness (QED) is 0.803. The molecule has 1 N–H and O–H groups in total. The Morgan fingerprint density at radius 3 is 2.75 bits per heavy atom. The molecule has 0 fully saturated rings. The number of nitrogens with one attached hydrogen (secondary N) is 1. The van der Waals surface area contributed by atoms with E-state index in [4.69, 9.17) is 10.1 Å². The van der Waals surface area contributed by atoms with Crippen molar-refractivity contribution < 1.29 is 9.53 Å². The Kier molecular flexibility index (Phi) is 4.48. The van der Waals surface area contributed by atoms with E-state index in [0.29, 0.717) is 30.2 Å². The lowest BCUT2D eigenvalue weighted by Crippen LogP contribution is -2.30. The van der Waals surface area contributed by atoms with Gasteiger partial charge in [-0.1, -0.05) is 33.8 Å². The number of hydrogen-bond donors (Lipinski definition) is 1. The van der Waals surface area contributed by atoms with Gasteiger partial charge in [0.05, 0.1) is 13.2 Å². The van der Waals surface area contributed by atoms with Crippen LogP contribution < -0.4 is 4.74 Å². The number of carbonyl (C=O) groups is 1. The summed E-state index contributed by atoms with van der Waals surface area (Å²) in [5.41, 5.74) is 5.53. The molecular formula is C23H27N3O2. The van der Waals surface area contributed by atoms with Crippen LogP contribution in [0, 0.1) is 5.41 Å². The van der Waals surface area contributed by atoms with Gasteiger partial charge in [-0.15, -0.1) is 0 Å². The molecule has 2 aromatic rings. The molecule has 3 heterocycles. The molecule has 0 amide bonds. The molecule has 0 spiro atoms. The summed E-state index contributed by atoms with van der Waals surface area (Å²) in [6.07, 6.45) is 1.67. The topological polar surface area (TPSA) is 66.3 Å². The summed E-state index contributed by atoms with van der Waals surface area (Å²) in [4.78, 5) is 19.5. The maximum absolute atomic E-state index is 13.1. The Hall–Kier alpha value is -2.69. The number of Topliss-reactive ketones (excluding diaryl/α,β-unsaturated/α-hetero) is 1. The van der Waals surface area contributed by atoms with Crippen molar-refractivity contribution in [1.29, 1.82) is 5.41 Å². The van der Waals surface area contributed by atoms with Gasteiger partial charge in [0, 0.05) is 34.3 Å². The normalized spacial score (nSPS) is 16.7. The number of benzene rings is 1. The molecule has 0 aliphatic carbocycles. The number of rotatable bonds is 5. The van der Waals surface area contributed by atoms with Crippen LogP contribution in [0.1, 0.15) is 66.1 Å². The van der Waals surface area contributed by atoms with E-state index in [2.05, 4.69) is 32.7 Å². The van der Waals surface area contributed by atoms with Crippen LogP contribution in [-0.2, 0) is 24.8 Å². The molecule has 0 atom stereocenters. The molecule has 28 heavy (non-hydrogen) atoms. The summed E-state index contributed by atoms with van der Waals surface area (Å²) in [5.74, 6) is 1.33. The Labute approximate surface area is 166 Å². The van der Waals surface area contributed by atoms with Gasteiger partial charge in [-0.2, -0.15) is 0 Å². The number of aromatic nitrogens is 1. The van der Waals surface area contributed by atoms with Crippen molar-refractivity contribution in [3.63, 3.8) is 0 Å². The van der Waals surface area contributed by atoms with Gasteiger partial charge in [0.1, 0.15) is 17.3 Å². The third kappa shape index (κ3) is 2.99. The molecule has 5 heteroatoms. The molecule has 146 valence electrons. The van der Waals surface area contributed by atoms with Crippen molar-refractivity contribution in [1.82, 2.24) is 9.88 Å². The van der Waals surface area contributed by atoms with Crippen molar-refractivity contribution in [2.45, 2.75) is 52.5 Å². The molecule has 0 saturated carbocycles. The SMILES string of the molecule is CCc1ccc2c(n1)C(=N)N(CC(=O)c1cc(CC)c3c(c1)C(C)(C)CO3)C2. The van der Waals surface area contributed by atoms with E-state index in [1.807, 2.05) is 29.2 Å². The molecule has 1 aromatic heterocycles. The van der Waals surface area contributed by atoms with E-state index in [0.717, 1.165) is 41.0 Å². The van der Waals surface area contributed by atoms with Crippen LogP contribution in [0.5, 0.6) is 5.75 Å². The van der Waals surface area contributed by atoms with Gasteiger partial charge >= 0.3 is 0 Å². The van der Waals surface area contributed by atoms with E-state index >= 15 is 0 Å². The predicted octanol–water partition coefficient (Wildman–Crippen LogP) is 3.90. The second-order valence-electron chi connectivity index (χ2n) is 8.33. The fourth-order valence-electron chi connectivity index (χ4n) is 4.01. The highest BCUT2D eigenvalue weighted by molar-refractivity contribution is 6.04. The predicted molar refractivity (Wildman–Crippen MR) is 110 cm³/mol. The summed E-state index contributed by atoms with van der Waals surface area (Å²) < 4.78 is 5.92. The minimum atomic E-state index is -0.0907. The van der Waals surface area contributed by atoms with Crippen LogP contribution in [0.25, 0.3) is 0 Å². The number of nitrogens with zero attached hydrogens (tertiary/aromatic N) is 2. The van der Waals surface area contributed by atoms with Crippen LogP contribution in [0.3, 0.4) is 0 Å². The fourth-order valence-corrected chi connectivity index (χ4v) is 4.01. The molecule has 2 aliphatic heterocycles. The minimum Gasteiger partial charge on any atom is -0.492 e. The lowest BCUT2D eigenvalue weighted by molar-refractivity contribution is 0.0962. The average molecular weight is 377 g/mol. The summed E-state index contributed by atoms with van der Waals surface area (Å²) in [5, 5.41) is 8.47. The van der Waals surface area contributed by atoms with Crippen LogP contribution in [0.4, 0.5) is 0 Å². The number of hydrogen-bond acceptors (Lipinski definition) is 4. The fraction of sp³-hybridized carbons (Fsp3) is 0.435. The van der Waals surface area contributed by atoms with Gasteiger partial charge in [0.25, 0.3) is 0 Å². The minimum absolute atomic E-state index is 0.0356. The monoisotopic (exact) mass is 377 g/mol. The third-order valence-corrected chi connectivity index (χ3v) is 5.81. The van der Waals surface area contributed by atoms with Crippen molar-refractivity contribution in [3.8, 4) is 5.75 Å². The highest BCUT2D eigenvalue weighted by Gasteiger charge is 2.35. The maximum atomic E-state index is 13.1. The van der Waals surface area contributed by atoms with Crippen LogP contribution in [0.2, 0.25) is 0 Å². The Morgan fingerprint density at radius 1 is 1.25 bits per heavy atom. The number of amidine groups is 1. The zero-order valence-electron chi connectivity index (χ0n) is 17.1. The standard InChI is InChI=1S/C23H27N3O2/c1-5-14-9-16(10-18-21(14)28-13-23(18,3)4)19(27)12-26-11-15-7-8-17(6-2)25-20(15)22(26)24/h7-10,24H,5-6,11-13H2,1-4H3. The Morgan fingerprint density at radius 2 is 2.04 bits per heavy atom. The highest BCUT2D eigenvalue weighted by Crippen LogP contribution is 2.41. The van der Waals surface area contributed by atoms with E-state index in [1.54, 1.807) is 0 Å². The smallest absolute Gasteiger partial charge is 0.182 e. The van der Waals surface area contributed by atoms with Crippen molar-refractivity contribution >= 4 is 11.6 Å². The lowest BCUT2D eigenvalue weighted by atomic mass is 9.84. The average Bonchev–Trinajstić information content (AvgIpc) is 3.17. The number of aryl methyl sites for hydroxylation is 2. The van der Waals surface area contributed by atoms with Gasteiger partial charge in [0.15, 0.2) is 5.78 Å². The van der Waals surface area contributed by atoms with Gasteiger partial charge in [-0.05, 0) is 36.6 Å². The molecule has 0 unspecified atom stereocenters. The highest BCUT2D eigenvalue weighted by atomic mass is 16.5. The second-order valence-corrected chi connectivity index (χ2v) is 8.33. The number of ether oxygens (including phenoxy) is 1. The number of ketones is 1. The van der Waals surface area contributed by atoms with Gasteiger partial charge in [0.2, 0.25) is 0 Å². The molecule has 0 saturated heterocycles. The van der Waals surface area contributed by atoms with E-state index in [-0.39, 0.29) is 17.7 Å². The van der Waals surface area contributed by atoms with E-state index < -0.39 is 0 Å². The summed E-state index contributed by atoms with van der Waals surface area (Å²) in [7, 11) is 0. The van der Waals surface area contributed by atoms with Gasteiger partial charge in [-0.25, -0.2) is 4.98 Å². The first kappa shape index (κ1) is 18.7. The summed E-state index contributed by atoms with van der Waals surface area (Å²) in [6, 6.07) is 7.99. The maximum Gasteiger partial charge on any atom is 0.182 e. The molecule has 0 bridgehead atoms. The molecular weight excluding hydrogens is 350 g/mol. The third-order valence-electron chi connectivity index (χ3n) is 5.81. The van der Waals surface area contributed by atoms with Gasteiger partial charge in [-0.3, -0.25) is 10.2 Å².